The molecular weight excluding hydrogens is 641 g/mol. The molecule has 6 atom stereocenters. The van der Waals surface area contributed by atoms with Crippen LogP contribution >= 0.6 is 35.1 Å². The summed E-state index contributed by atoms with van der Waals surface area (Å²) >= 11 is 5.92. The highest BCUT2D eigenvalue weighted by molar-refractivity contribution is 7.66. The first kappa shape index (κ1) is 31.4. The number of carbonyl (C=O) groups is 1. The van der Waals surface area contributed by atoms with Gasteiger partial charge in [0.15, 0.2) is 23.8 Å². The molecule has 0 bridgehead atoms. The van der Waals surface area contributed by atoms with Crippen LogP contribution < -0.4 is 11.5 Å². The van der Waals surface area contributed by atoms with Crippen LogP contribution in [0.1, 0.15) is 16.6 Å². The number of aliphatic hydroxyl groups excluding tert-OH is 1. The minimum Gasteiger partial charge on any atom is -0.453 e. The van der Waals surface area contributed by atoms with Gasteiger partial charge >= 0.3 is 29.4 Å². The van der Waals surface area contributed by atoms with E-state index in [2.05, 4.69) is 28.1 Å². The number of benzene rings is 1. The van der Waals surface area contributed by atoms with E-state index in [9.17, 15) is 33.4 Å². The van der Waals surface area contributed by atoms with Gasteiger partial charge in [0.1, 0.15) is 24.1 Å². The molecule has 4 rings (SSSR count). The number of nitrogens with zero attached hydrogens (tertiary/aromatic N) is 4. The lowest BCUT2D eigenvalue weighted by Gasteiger charge is -2.22. The molecule has 1 fully saturated rings. The standard InChI is InChI=1S/C17H20ClN6O14P3/c18-7-1-2-9(19)8(3-7)17(26)36-13-10(4-34-40(30,31)38-41(32,33)37-39(27,28)29)35-16(12(13)25)24-6-23-11-14(20)21-5-22-15(11)24/h1-3,5-6,10,12-13,16,25H,4,19H2,(H,30,31)(H,32,33)(H2,20,21,22)(H2,27,28,29). The van der Waals surface area contributed by atoms with E-state index in [1.54, 1.807) is 0 Å². The summed E-state index contributed by atoms with van der Waals surface area (Å²) in [4.78, 5) is 61.3. The zero-order valence-electron chi connectivity index (χ0n) is 20.0. The Morgan fingerprint density at radius 2 is 1.78 bits per heavy atom. The van der Waals surface area contributed by atoms with Crippen molar-refractivity contribution in [1.29, 1.82) is 0 Å². The quantitative estimate of drug-likeness (QED) is 0.0882. The first-order valence-corrected chi connectivity index (χ1v) is 15.7. The zero-order chi connectivity index (χ0) is 30.3. The van der Waals surface area contributed by atoms with Gasteiger partial charge in [0.2, 0.25) is 0 Å². The summed E-state index contributed by atoms with van der Waals surface area (Å²) in [5, 5.41) is 11.2. The Morgan fingerprint density at radius 3 is 2.46 bits per heavy atom. The van der Waals surface area contributed by atoms with Gasteiger partial charge in [-0.15, -0.1) is 0 Å². The van der Waals surface area contributed by atoms with E-state index in [-0.39, 0.29) is 33.3 Å². The van der Waals surface area contributed by atoms with Crippen molar-refractivity contribution in [3.05, 3.63) is 41.4 Å². The van der Waals surface area contributed by atoms with Gasteiger partial charge in [-0.2, -0.15) is 8.62 Å². The topological polar surface area (TPSA) is 311 Å². The lowest BCUT2D eigenvalue weighted by Crippen LogP contribution is -2.38. The number of aromatic nitrogens is 4. The van der Waals surface area contributed by atoms with Crippen LogP contribution in [0.25, 0.3) is 11.2 Å². The number of ether oxygens (including phenoxy) is 2. The number of nitrogen functional groups attached to an aromatic ring is 2. The fraction of sp³-hybridized carbons (Fsp3) is 0.294. The van der Waals surface area contributed by atoms with E-state index in [1.165, 1.54) is 29.1 Å². The molecule has 0 spiro atoms. The molecule has 1 aromatic carbocycles. The van der Waals surface area contributed by atoms with Crippen LogP contribution in [0.5, 0.6) is 0 Å². The number of rotatable bonds is 10. The summed E-state index contributed by atoms with van der Waals surface area (Å²) in [6.07, 6.45) is -4.16. The number of nitrogens with two attached hydrogens (primary N) is 2. The van der Waals surface area contributed by atoms with Crippen LogP contribution in [-0.4, -0.2) is 75.1 Å². The summed E-state index contributed by atoms with van der Waals surface area (Å²) in [6, 6.07) is 3.90. The van der Waals surface area contributed by atoms with Crippen molar-refractivity contribution in [3.8, 4) is 0 Å². The monoisotopic (exact) mass is 660 g/mol. The van der Waals surface area contributed by atoms with Crippen molar-refractivity contribution in [2.45, 2.75) is 24.5 Å². The van der Waals surface area contributed by atoms with Crippen LogP contribution in [0, 0.1) is 0 Å². The predicted octanol–water partition coefficient (Wildman–Crippen LogP) is 0.471. The zero-order valence-corrected chi connectivity index (χ0v) is 23.4. The van der Waals surface area contributed by atoms with Crippen molar-refractivity contribution in [3.63, 3.8) is 0 Å². The number of halogens is 1. The molecule has 3 aromatic rings. The molecule has 1 aliphatic heterocycles. The summed E-state index contributed by atoms with van der Waals surface area (Å²) in [5.74, 6) is -1.10. The second kappa shape index (κ2) is 11.6. The molecule has 1 saturated heterocycles. The molecule has 224 valence electrons. The molecular formula is C17H20ClN6O14P3. The smallest absolute Gasteiger partial charge is 0.453 e. The first-order chi connectivity index (χ1) is 19.0. The van der Waals surface area contributed by atoms with E-state index >= 15 is 0 Å². The Balaban J connectivity index is 1.60. The number of imidazole rings is 1. The van der Waals surface area contributed by atoms with Gasteiger partial charge in [-0.25, -0.2) is 33.4 Å². The van der Waals surface area contributed by atoms with Gasteiger partial charge in [0.25, 0.3) is 0 Å². The number of hydrogen-bond donors (Lipinski definition) is 7. The normalized spacial score (nSPS) is 24.1. The maximum Gasteiger partial charge on any atom is 0.490 e. The fourth-order valence-corrected chi connectivity index (χ4v) is 6.85. The lowest BCUT2D eigenvalue weighted by atomic mass is 10.1. The van der Waals surface area contributed by atoms with Crippen molar-refractivity contribution in [2.24, 2.45) is 0 Å². The third-order valence-electron chi connectivity index (χ3n) is 5.27. The summed E-state index contributed by atoms with van der Waals surface area (Å²) in [7, 11) is -17.1. The molecule has 0 saturated carbocycles. The average molecular weight is 661 g/mol. The Hall–Kier alpha value is -2.54. The lowest BCUT2D eigenvalue weighted by molar-refractivity contribution is -0.0520. The molecule has 0 radical (unpaired) electrons. The molecule has 2 aromatic heterocycles. The number of aliphatic hydroxyl groups is 1. The minimum absolute atomic E-state index is 0.00939. The average Bonchev–Trinajstić information content (AvgIpc) is 3.39. The molecule has 6 unspecified atom stereocenters. The maximum atomic E-state index is 12.9. The Labute approximate surface area is 233 Å². The van der Waals surface area contributed by atoms with Crippen LogP contribution in [0.15, 0.2) is 30.9 Å². The molecule has 41 heavy (non-hydrogen) atoms. The number of phosphoric acid groups is 3. The number of hydrogen-bond acceptors (Lipinski definition) is 15. The molecule has 20 nitrogen and oxygen atoms in total. The maximum absolute atomic E-state index is 12.9. The number of fused-ring (bicyclic) bond motifs is 1. The molecule has 24 heteroatoms. The molecule has 0 aliphatic carbocycles. The van der Waals surface area contributed by atoms with Gasteiger partial charge in [0, 0.05) is 10.7 Å². The summed E-state index contributed by atoms with van der Waals surface area (Å²) in [5.41, 5.74) is 11.6. The van der Waals surface area contributed by atoms with Gasteiger partial charge in [0.05, 0.1) is 18.5 Å². The van der Waals surface area contributed by atoms with Gasteiger partial charge in [-0.05, 0) is 18.2 Å². The van der Waals surface area contributed by atoms with Crippen LogP contribution in [0.4, 0.5) is 11.5 Å². The Morgan fingerprint density at radius 1 is 1.07 bits per heavy atom. The fourth-order valence-electron chi connectivity index (χ4n) is 3.65. The predicted molar refractivity (Wildman–Crippen MR) is 135 cm³/mol. The van der Waals surface area contributed by atoms with Crippen molar-refractivity contribution >= 4 is 63.7 Å². The van der Waals surface area contributed by atoms with Gasteiger partial charge in [-0.1, -0.05) is 11.6 Å². The van der Waals surface area contributed by atoms with Crippen LogP contribution in [0.3, 0.4) is 0 Å². The van der Waals surface area contributed by atoms with Gasteiger partial charge < -0.3 is 45.6 Å². The van der Waals surface area contributed by atoms with E-state index in [0.717, 1.165) is 6.33 Å². The summed E-state index contributed by atoms with van der Waals surface area (Å²) in [6.45, 7) is -1.07. The second-order valence-corrected chi connectivity index (χ2v) is 13.0. The Bertz CT molecular complexity index is 1620. The molecule has 1 aliphatic rings. The van der Waals surface area contributed by atoms with E-state index in [1.807, 2.05) is 0 Å². The molecule has 9 N–H and O–H groups in total. The van der Waals surface area contributed by atoms with Crippen LogP contribution in [0.2, 0.25) is 5.02 Å². The molecule has 3 heterocycles. The third kappa shape index (κ3) is 7.46. The SMILES string of the molecule is Nc1ccc(Cl)cc1C(=O)OC1C(COP(=O)(O)OP(=O)(O)OP(=O)(O)O)OC(n2cnc3c(N)ncnc32)C1O. The second-order valence-electron chi connectivity index (χ2n) is 8.13. The van der Waals surface area contributed by atoms with Crippen molar-refractivity contribution in [2.75, 3.05) is 18.1 Å². The van der Waals surface area contributed by atoms with Crippen molar-refractivity contribution < 1.29 is 65.8 Å². The minimum atomic E-state index is -5.82. The number of carbonyl (C=O) groups excluding carboxylic acids is 1. The summed E-state index contributed by atoms with van der Waals surface area (Å²) < 4.78 is 59.0. The highest BCUT2D eigenvalue weighted by Gasteiger charge is 2.50. The highest BCUT2D eigenvalue weighted by atomic mass is 35.5. The largest absolute Gasteiger partial charge is 0.490 e. The van der Waals surface area contributed by atoms with E-state index < -0.39 is 60.6 Å². The van der Waals surface area contributed by atoms with Crippen molar-refractivity contribution in [1.82, 2.24) is 19.5 Å². The van der Waals surface area contributed by atoms with Gasteiger partial charge in [-0.3, -0.25) is 9.09 Å². The number of anilines is 2. The molecule has 0 amide bonds. The van der Waals surface area contributed by atoms with E-state index in [4.69, 9.17) is 42.3 Å². The number of esters is 1. The third-order valence-corrected chi connectivity index (χ3v) is 9.30. The first-order valence-electron chi connectivity index (χ1n) is 10.8. The number of phosphoric ester groups is 1. The van der Waals surface area contributed by atoms with E-state index in [0.29, 0.717) is 0 Å². The van der Waals surface area contributed by atoms with Crippen LogP contribution in [-0.2, 0) is 36.3 Å². The highest BCUT2D eigenvalue weighted by Crippen LogP contribution is 2.66. The Kier molecular flexibility index (Phi) is 8.90.